The quantitative estimate of drug-likeness (QED) is 0.662. The molecule has 0 saturated heterocycles. The molecule has 0 spiro atoms. The minimum Gasteiger partial charge on any atom is -0.497 e. The van der Waals surface area contributed by atoms with E-state index in [0.29, 0.717) is 11.4 Å². The maximum Gasteiger partial charge on any atom is 0.294 e. The number of rotatable bonds is 4. The van der Waals surface area contributed by atoms with Crippen LogP contribution in [0.1, 0.15) is 23.7 Å². The van der Waals surface area contributed by atoms with Gasteiger partial charge in [-0.25, -0.2) is 0 Å². The number of hydrogen-bond donors (Lipinski definition) is 1. The van der Waals surface area contributed by atoms with E-state index in [1.54, 1.807) is 25.0 Å². The van der Waals surface area contributed by atoms with Crippen molar-refractivity contribution in [3.63, 3.8) is 0 Å². The lowest BCUT2D eigenvalue weighted by atomic mass is 9.89. The number of nitrogens with zero attached hydrogens (tertiary/aromatic N) is 2. The molecular formula is C25H26N3O3+. The van der Waals surface area contributed by atoms with Crippen LogP contribution in [0.15, 0.2) is 66.9 Å². The third-order valence-electron chi connectivity index (χ3n) is 5.91. The lowest BCUT2D eigenvalue weighted by Gasteiger charge is -2.40. The number of aromatic nitrogens is 1. The fourth-order valence-electron chi connectivity index (χ4n) is 4.25. The van der Waals surface area contributed by atoms with E-state index < -0.39 is 5.54 Å². The minimum absolute atomic E-state index is 0.152. The fourth-order valence-corrected chi connectivity index (χ4v) is 4.25. The van der Waals surface area contributed by atoms with Crippen LogP contribution in [0, 0.1) is 13.8 Å². The van der Waals surface area contributed by atoms with E-state index in [-0.39, 0.29) is 18.4 Å². The van der Waals surface area contributed by atoms with Crippen molar-refractivity contribution in [3.8, 4) is 5.75 Å². The molecule has 0 fully saturated rings. The van der Waals surface area contributed by atoms with Gasteiger partial charge in [0, 0.05) is 29.6 Å². The first-order valence-corrected chi connectivity index (χ1v) is 10.2. The first-order valence-electron chi connectivity index (χ1n) is 10.2. The van der Waals surface area contributed by atoms with Gasteiger partial charge in [-0.2, -0.15) is 4.57 Å². The second-order valence-electron chi connectivity index (χ2n) is 7.94. The lowest BCUT2D eigenvalue weighted by molar-refractivity contribution is -0.697. The van der Waals surface area contributed by atoms with Crippen molar-refractivity contribution in [3.05, 3.63) is 83.7 Å². The molecule has 1 aliphatic rings. The Balaban J connectivity index is 1.88. The largest absolute Gasteiger partial charge is 0.497 e. The first kappa shape index (κ1) is 20.6. The van der Waals surface area contributed by atoms with Gasteiger partial charge in [0.25, 0.3) is 11.8 Å². The van der Waals surface area contributed by atoms with Crippen molar-refractivity contribution in [2.45, 2.75) is 32.9 Å². The molecule has 2 amide bonds. The van der Waals surface area contributed by atoms with E-state index in [1.807, 2.05) is 79.2 Å². The number of fused-ring (bicyclic) bond motifs is 1. The molecule has 4 rings (SSSR count). The zero-order chi connectivity index (χ0) is 22.2. The smallest absolute Gasteiger partial charge is 0.294 e. The lowest BCUT2D eigenvalue weighted by Crippen LogP contribution is -2.67. The summed E-state index contributed by atoms with van der Waals surface area (Å²) in [6, 6.07) is 18.7. The molecule has 2 heterocycles. The third kappa shape index (κ3) is 3.44. The summed E-state index contributed by atoms with van der Waals surface area (Å²) < 4.78 is 7.20. The Morgan fingerprint density at radius 2 is 1.77 bits per heavy atom. The SMILES string of the molecule is COc1cccc(N2C(=O)C[n+]3ccccc3[C@@]2(C)C(=O)Nc2c(C)cccc2C)c1. The second-order valence-corrected chi connectivity index (χ2v) is 7.94. The van der Waals surface area contributed by atoms with Crippen LogP contribution in [0.4, 0.5) is 11.4 Å². The number of anilines is 2. The highest BCUT2D eigenvalue weighted by Crippen LogP contribution is 2.37. The number of pyridine rings is 1. The second kappa shape index (κ2) is 7.87. The zero-order valence-electron chi connectivity index (χ0n) is 18.2. The Morgan fingerprint density at radius 3 is 2.48 bits per heavy atom. The van der Waals surface area contributed by atoms with Gasteiger partial charge in [0.15, 0.2) is 6.20 Å². The van der Waals surface area contributed by atoms with E-state index >= 15 is 0 Å². The Bertz CT molecular complexity index is 1150. The van der Waals surface area contributed by atoms with Crippen LogP contribution in [-0.4, -0.2) is 18.9 Å². The maximum atomic E-state index is 13.9. The molecular weight excluding hydrogens is 390 g/mol. The zero-order valence-corrected chi connectivity index (χ0v) is 18.2. The molecule has 3 aromatic rings. The maximum absolute atomic E-state index is 13.9. The molecule has 1 aliphatic heterocycles. The molecule has 6 heteroatoms. The molecule has 0 bridgehead atoms. The number of ether oxygens (including phenoxy) is 1. The Kier molecular flexibility index (Phi) is 5.23. The molecule has 2 aromatic carbocycles. The third-order valence-corrected chi connectivity index (χ3v) is 5.91. The number of aryl methyl sites for hydroxylation is 2. The molecule has 1 aromatic heterocycles. The Morgan fingerprint density at radius 1 is 1.06 bits per heavy atom. The summed E-state index contributed by atoms with van der Waals surface area (Å²) in [6.07, 6.45) is 1.83. The average molecular weight is 417 g/mol. The van der Waals surface area contributed by atoms with Gasteiger partial charge in [0.2, 0.25) is 17.8 Å². The number of carbonyl (C=O) groups is 2. The van der Waals surface area contributed by atoms with Crippen LogP contribution < -0.4 is 19.5 Å². The van der Waals surface area contributed by atoms with Gasteiger partial charge in [-0.3, -0.25) is 14.5 Å². The summed E-state index contributed by atoms with van der Waals surface area (Å²) in [4.78, 5) is 28.8. The summed E-state index contributed by atoms with van der Waals surface area (Å²) >= 11 is 0. The van der Waals surface area contributed by atoms with Gasteiger partial charge < -0.3 is 10.1 Å². The van der Waals surface area contributed by atoms with Crippen LogP contribution in [-0.2, 0) is 21.7 Å². The fraction of sp³-hybridized carbons (Fsp3) is 0.240. The molecule has 0 saturated carbocycles. The molecule has 0 radical (unpaired) electrons. The highest BCUT2D eigenvalue weighted by molar-refractivity contribution is 6.08. The monoisotopic (exact) mass is 416 g/mol. The van der Waals surface area contributed by atoms with Crippen molar-refractivity contribution in [1.82, 2.24) is 0 Å². The highest BCUT2D eigenvalue weighted by atomic mass is 16.5. The van der Waals surface area contributed by atoms with Crippen LogP contribution in [0.2, 0.25) is 0 Å². The van der Waals surface area contributed by atoms with Crippen LogP contribution in [0.5, 0.6) is 5.75 Å². The minimum atomic E-state index is -1.27. The van der Waals surface area contributed by atoms with Gasteiger partial charge in [0.05, 0.1) is 7.11 Å². The number of para-hydroxylation sites is 1. The Hall–Kier alpha value is -3.67. The van der Waals surface area contributed by atoms with Crippen molar-refractivity contribution in [2.24, 2.45) is 0 Å². The van der Waals surface area contributed by atoms with Gasteiger partial charge in [-0.05, 0) is 44.0 Å². The number of methoxy groups -OCH3 is 1. The van der Waals surface area contributed by atoms with Crippen LogP contribution in [0.3, 0.4) is 0 Å². The standard InChI is InChI=1S/C25H25N3O3/c1-17-9-7-10-18(2)23(17)26-24(30)25(3)21-13-5-6-14-27(21)16-22(29)28(25)19-11-8-12-20(15-19)31-4/h5-15H,16H2,1-4H3/p+1/t25-/m0/s1. The van der Waals surface area contributed by atoms with E-state index in [1.165, 1.54) is 0 Å². The van der Waals surface area contributed by atoms with E-state index in [9.17, 15) is 9.59 Å². The average Bonchev–Trinajstić information content (AvgIpc) is 2.76. The number of benzene rings is 2. The summed E-state index contributed by atoms with van der Waals surface area (Å²) in [5.74, 6) is 0.172. The van der Waals surface area contributed by atoms with Gasteiger partial charge in [-0.15, -0.1) is 0 Å². The first-order chi connectivity index (χ1) is 14.9. The van der Waals surface area contributed by atoms with Crippen molar-refractivity contribution in [1.29, 1.82) is 0 Å². The molecule has 0 unspecified atom stereocenters. The normalized spacial score (nSPS) is 17.8. The summed E-state index contributed by atoms with van der Waals surface area (Å²) in [6.45, 7) is 5.86. The molecule has 31 heavy (non-hydrogen) atoms. The number of nitrogens with one attached hydrogen (secondary N) is 1. The van der Waals surface area contributed by atoms with Gasteiger partial charge in [0.1, 0.15) is 5.75 Å². The summed E-state index contributed by atoms with van der Waals surface area (Å²) in [5, 5.41) is 3.10. The molecule has 6 nitrogen and oxygen atoms in total. The van der Waals surface area contributed by atoms with Crippen LogP contribution >= 0.6 is 0 Å². The molecule has 0 aliphatic carbocycles. The number of amides is 2. The topological polar surface area (TPSA) is 62.5 Å². The molecule has 1 atom stereocenters. The number of hydrogen-bond acceptors (Lipinski definition) is 3. The number of carbonyl (C=O) groups excluding carboxylic acids is 2. The highest BCUT2D eigenvalue weighted by Gasteiger charge is 2.54. The van der Waals surface area contributed by atoms with E-state index in [2.05, 4.69) is 5.32 Å². The van der Waals surface area contributed by atoms with Gasteiger partial charge in [-0.1, -0.05) is 30.3 Å². The van der Waals surface area contributed by atoms with E-state index in [0.717, 1.165) is 22.5 Å². The predicted molar refractivity (Wildman–Crippen MR) is 119 cm³/mol. The van der Waals surface area contributed by atoms with Gasteiger partial charge >= 0.3 is 0 Å². The van der Waals surface area contributed by atoms with Crippen molar-refractivity contribution in [2.75, 3.05) is 17.3 Å². The predicted octanol–water partition coefficient (Wildman–Crippen LogP) is 3.50. The molecule has 1 N–H and O–H groups in total. The Labute approximate surface area is 182 Å². The van der Waals surface area contributed by atoms with E-state index in [4.69, 9.17) is 4.74 Å². The van der Waals surface area contributed by atoms with Crippen molar-refractivity contribution >= 4 is 23.2 Å². The summed E-state index contributed by atoms with van der Waals surface area (Å²) in [5.41, 5.74) is 2.78. The summed E-state index contributed by atoms with van der Waals surface area (Å²) in [7, 11) is 1.58. The van der Waals surface area contributed by atoms with Crippen LogP contribution in [0.25, 0.3) is 0 Å². The van der Waals surface area contributed by atoms with Crippen molar-refractivity contribution < 1.29 is 18.9 Å². The molecule has 158 valence electrons.